The third kappa shape index (κ3) is 4.52. The van der Waals surface area contributed by atoms with Crippen molar-refractivity contribution >= 4 is 12.0 Å². The van der Waals surface area contributed by atoms with E-state index in [0.717, 1.165) is 5.56 Å². The number of carbonyl (C=O) groups excluding carboxylic acids is 2. The molecule has 1 atom stereocenters. The maximum Gasteiger partial charge on any atom is 0.338 e. The smallest absolute Gasteiger partial charge is 0.338 e. The molecule has 28 heavy (non-hydrogen) atoms. The second-order valence-electron chi connectivity index (χ2n) is 6.84. The van der Waals surface area contributed by atoms with Crippen LogP contribution in [0.25, 0.3) is 0 Å². The van der Waals surface area contributed by atoms with Crippen molar-refractivity contribution in [3.8, 4) is 5.75 Å². The summed E-state index contributed by atoms with van der Waals surface area (Å²) in [4.78, 5) is 24.8. The summed E-state index contributed by atoms with van der Waals surface area (Å²) in [5.74, 6) is 0.129. The first kappa shape index (κ1) is 19.5. The number of para-hydroxylation sites is 1. The van der Waals surface area contributed by atoms with E-state index in [4.69, 9.17) is 9.47 Å². The lowest BCUT2D eigenvalue weighted by atomic mass is 9.94. The standard InChI is InChI=1S/C22H24N2O4/c1-14(2)28-21(25)19-15(3)23-22(26)24-20(19)17-11-7-8-12-18(17)27-13-16-9-5-4-6-10-16/h4-12,14,20H,13H2,1-3H3,(H2,23,24,26). The normalized spacial score (nSPS) is 16.4. The van der Waals surface area contributed by atoms with Gasteiger partial charge in [0.05, 0.1) is 17.7 Å². The molecule has 0 aromatic heterocycles. The molecule has 2 aromatic rings. The van der Waals surface area contributed by atoms with Gasteiger partial charge in [-0.05, 0) is 32.4 Å². The molecule has 0 saturated carbocycles. The Morgan fingerprint density at radius 2 is 1.75 bits per heavy atom. The highest BCUT2D eigenvalue weighted by atomic mass is 16.5. The van der Waals surface area contributed by atoms with Crippen LogP contribution in [0.3, 0.4) is 0 Å². The molecule has 3 rings (SSSR count). The van der Waals surface area contributed by atoms with Crippen molar-refractivity contribution in [3.63, 3.8) is 0 Å². The highest BCUT2D eigenvalue weighted by molar-refractivity contribution is 5.95. The fraction of sp³-hybridized carbons (Fsp3) is 0.273. The molecule has 0 fully saturated rings. The third-order valence-corrected chi connectivity index (χ3v) is 4.30. The predicted molar refractivity (Wildman–Crippen MR) is 106 cm³/mol. The molecule has 2 amide bonds. The quantitative estimate of drug-likeness (QED) is 0.747. The Morgan fingerprint density at radius 1 is 1.07 bits per heavy atom. The zero-order chi connectivity index (χ0) is 20.1. The number of hydrogen-bond donors (Lipinski definition) is 2. The molecule has 0 saturated heterocycles. The highest BCUT2D eigenvalue weighted by Gasteiger charge is 2.34. The minimum absolute atomic E-state index is 0.268. The molecular formula is C22H24N2O4. The number of nitrogens with one attached hydrogen (secondary N) is 2. The minimum Gasteiger partial charge on any atom is -0.489 e. The number of amides is 2. The number of carbonyl (C=O) groups is 2. The second-order valence-corrected chi connectivity index (χ2v) is 6.84. The van der Waals surface area contributed by atoms with Gasteiger partial charge in [0.15, 0.2) is 0 Å². The number of allylic oxidation sites excluding steroid dienone is 1. The van der Waals surface area contributed by atoms with E-state index in [1.165, 1.54) is 0 Å². The highest BCUT2D eigenvalue weighted by Crippen LogP contribution is 2.34. The van der Waals surface area contributed by atoms with Gasteiger partial charge in [-0.15, -0.1) is 0 Å². The van der Waals surface area contributed by atoms with E-state index in [1.54, 1.807) is 20.8 Å². The van der Waals surface area contributed by atoms with Crippen molar-refractivity contribution in [2.45, 2.75) is 39.5 Å². The van der Waals surface area contributed by atoms with Crippen molar-refractivity contribution in [2.24, 2.45) is 0 Å². The van der Waals surface area contributed by atoms with E-state index >= 15 is 0 Å². The number of urea groups is 1. The van der Waals surface area contributed by atoms with Crippen molar-refractivity contribution in [2.75, 3.05) is 0 Å². The molecule has 6 nitrogen and oxygen atoms in total. The van der Waals surface area contributed by atoms with Crippen molar-refractivity contribution in [1.82, 2.24) is 10.6 Å². The van der Waals surface area contributed by atoms with Crippen LogP contribution in [0.4, 0.5) is 4.79 Å². The van der Waals surface area contributed by atoms with Crippen molar-refractivity contribution in [1.29, 1.82) is 0 Å². The minimum atomic E-state index is -0.660. The molecule has 2 N–H and O–H groups in total. The van der Waals surface area contributed by atoms with Gasteiger partial charge < -0.3 is 20.1 Å². The van der Waals surface area contributed by atoms with Crippen LogP contribution in [0.2, 0.25) is 0 Å². The first-order valence-electron chi connectivity index (χ1n) is 9.20. The van der Waals surface area contributed by atoms with Crippen molar-refractivity contribution < 1.29 is 19.1 Å². The molecule has 0 spiro atoms. The summed E-state index contributed by atoms with van der Waals surface area (Å²) in [6.07, 6.45) is -0.268. The van der Waals surface area contributed by atoms with Crippen LogP contribution in [0.15, 0.2) is 65.9 Å². The summed E-state index contributed by atoms with van der Waals surface area (Å²) < 4.78 is 11.4. The number of ether oxygens (including phenoxy) is 2. The van der Waals surface area contributed by atoms with E-state index in [1.807, 2.05) is 54.6 Å². The molecule has 0 bridgehead atoms. The van der Waals surface area contributed by atoms with Gasteiger partial charge in [-0.1, -0.05) is 48.5 Å². The lowest BCUT2D eigenvalue weighted by Gasteiger charge is -2.29. The van der Waals surface area contributed by atoms with Gasteiger partial charge in [0.1, 0.15) is 12.4 Å². The second kappa shape index (κ2) is 8.61. The fourth-order valence-corrected chi connectivity index (χ4v) is 3.06. The Hall–Kier alpha value is -3.28. The Bertz CT molecular complexity index is 890. The van der Waals surface area contributed by atoms with E-state index in [2.05, 4.69) is 10.6 Å². The monoisotopic (exact) mass is 380 g/mol. The largest absolute Gasteiger partial charge is 0.489 e. The predicted octanol–water partition coefficient (Wildman–Crippen LogP) is 3.85. The van der Waals surface area contributed by atoms with E-state index < -0.39 is 12.0 Å². The lowest BCUT2D eigenvalue weighted by Crippen LogP contribution is -2.45. The summed E-state index contributed by atoms with van der Waals surface area (Å²) in [7, 11) is 0. The lowest BCUT2D eigenvalue weighted by molar-refractivity contribution is -0.143. The summed E-state index contributed by atoms with van der Waals surface area (Å²) in [6.45, 7) is 5.64. The maximum atomic E-state index is 12.7. The summed E-state index contributed by atoms with van der Waals surface area (Å²) in [6, 6.07) is 16.1. The number of hydrogen-bond acceptors (Lipinski definition) is 4. The Balaban J connectivity index is 1.92. The Morgan fingerprint density at radius 3 is 2.46 bits per heavy atom. The summed E-state index contributed by atoms with van der Waals surface area (Å²) in [5, 5.41) is 5.47. The molecule has 1 aliphatic heterocycles. The summed E-state index contributed by atoms with van der Waals surface area (Å²) >= 11 is 0. The zero-order valence-electron chi connectivity index (χ0n) is 16.2. The Labute approximate surface area is 164 Å². The molecule has 0 aliphatic carbocycles. The number of benzene rings is 2. The molecule has 6 heteroatoms. The van der Waals surface area contributed by atoms with Gasteiger partial charge in [-0.3, -0.25) is 0 Å². The van der Waals surface area contributed by atoms with Crippen molar-refractivity contribution in [3.05, 3.63) is 77.0 Å². The molecular weight excluding hydrogens is 356 g/mol. The number of esters is 1. The van der Waals surface area contributed by atoms with Crippen LogP contribution >= 0.6 is 0 Å². The van der Waals surface area contributed by atoms with Gasteiger partial charge in [0.25, 0.3) is 0 Å². The van der Waals surface area contributed by atoms with Crippen LogP contribution in [0.5, 0.6) is 5.75 Å². The van der Waals surface area contributed by atoms with Gasteiger partial charge in [0.2, 0.25) is 0 Å². The molecule has 1 aliphatic rings. The van der Waals surface area contributed by atoms with Gasteiger partial charge in [0, 0.05) is 11.3 Å². The van der Waals surface area contributed by atoms with Crippen LogP contribution in [0, 0.1) is 0 Å². The first-order valence-corrected chi connectivity index (χ1v) is 9.20. The van der Waals surface area contributed by atoms with E-state index in [9.17, 15) is 9.59 Å². The van der Waals surface area contributed by atoms with Crippen LogP contribution < -0.4 is 15.4 Å². The van der Waals surface area contributed by atoms with Gasteiger partial charge in [-0.25, -0.2) is 9.59 Å². The van der Waals surface area contributed by atoms with E-state index in [-0.39, 0.29) is 12.1 Å². The first-order chi connectivity index (χ1) is 13.5. The SMILES string of the molecule is CC1=C(C(=O)OC(C)C)C(c2ccccc2OCc2ccccc2)NC(=O)N1. The van der Waals surface area contributed by atoms with Gasteiger partial charge >= 0.3 is 12.0 Å². The topological polar surface area (TPSA) is 76.7 Å². The fourth-order valence-electron chi connectivity index (χ4n) is 3.06. The van der Waals surface area contributed by atoms with Crippen LogP contribution in [-0.4, -0.2) is 18.1 Å². The molecule has 2 aromatic carbocycles. The maximum absolute atomic E-state index is 12.7. The number of rotatable bonds is 6. The Kier molecular flexibility index (Phi) is 5.99. The van der Waals surface area contributed by atoms with Gasteiger partial charge in [-0.2, -0.15) is 0 Å². The van der Waals surface area contributed by atoms with E-state index in [0.29, 0.717) is 29.2 Å². The van der Waals surface area contributed by atoms with Crippen LogP contribution in [0.1, 0.15) is 37.9 Å². The third-order valence-electron chi connectivity index (χ3n) is 4.30. The molecule has 1 heterocycles. The average molecular weight is 380 g/mol. The molecule has 1 unspecified atom stereocenters. The molecule has 0 radical (unpaired) electrons. The van der Waals surface area contributed by atoms with Crippen LogP contribution in [-0.2, 0) is 16.1 Å². The zero-order valence-corrected chi connectivity index (χ0v) is 16.2. The average Bonchev–Trinajstić information content (AvgIpc) is 2.66. The molecule has 146 valence electrons. The summed E-state index contributed by atoms with van der Waals surface area (Å²) in [5.41, 5.74) is 2.56.